The van der Waals surface area contributed by atoms with E-state index in [1.54, 1.807) is 53.8 Å². The number of rotatable bonds is 7. The number of aromatic nitrogens is 2. The summed E-state index contributed by atoms with van der Waals surface area (Å²) in [5.74, 6) is -0.157. The highest BCUT2D eigenvalue weighted by molar-refractivity contribution is 6.06. The molecule has 1 aliphatic heterocycles. The van der Waals surface area contributed by atoms with Crippen LogP contribution in [-0.4, -0.2) is 41.6 Å². The zero-order valence-corrected chi connectivity index (χ0v) is 20.9. The molecule has 1 fully saturated rings. The Morgan fingerprint density at radius 3 is 2.16 bits per heavy atom. The molecular formula is C30H27N7O. The van der Waals surface area contributed by atoms with E-state index in [1.165, 1.54) is 0 Å². The Labute approximate surface area is 222 Å². The number of carbonyl (C=O) groups is 1. The molecule has 4 aromatic rings. The van der Waals surface area contributed by atoms with Crippen LogP contribution in [0, 0.1) is 22.7 Å². The van der Waals surface area contributed by atoms with Crippen molar-refractivity contribution >= 4 is 17.3 Å². The Hall–Kier alpha value is -4.92. The Balaban J connectivity index is 1.43. The van der Waals surface area contributed by atoms with Gasteiger partial charge in [0, 0.05) is 55.9 Å². The lowest BCUT2D eigenvalue weighted by Crippen LogP contribution is -2.43. The summed E-state index contributed by atoms with van der Waals surface area (Å²) < 4.78 is 2.01. The molecule has 1 aliphatic rings. The fourth-order valence-corrected chi connectivity index (χ4v) is 4.56. The first-order valence-corrected chi connectivity index (χ1v) is 12.5. The van der Waals surface area contributed by atoms with Gasteiger partial charge in [-0.1, -0.05) is 12.1 Å². The highest BCUT2D eigenvalue weighted by Gasteiger charge is 2.21. The van der Waals surface area contributed by atoms with E-state index in [9.17, 15) is 4.79 Å². The molecular weight excluding hydrogens is 474 g/mol. The van der Waals surface area contributed by atoms with Gasteiger partial charge in [0.15, 0.2) is 0 Å². The topological polar surface area (TPSA) is 101 Å². The lowest BCUT2D eigenvalue weighted by atomic mass is 10.1. The molecule has 188 valence electrons. The largest absolute Gasteiger partial charge is 0.369 e. The first kappa shape index (κ1) is 24.8. The summed E-state index contributed by atoms with van der Waals surface area (Å²) in [7, 11) is 0. The van der Waals surface area contributed by atoms with Crippen LogP contribution in [0.1, 0.15) is 32.7 Å². The average Bonchev–Trinajstić information content (AvgIpc) is 3.43. The van der Waals surface area contributed by atoms with Gasteiger partial charge in [-0.2, -0.15) is 10.5 Å². The van der Waals surface area contributed by atoms with Crippen LogP contribution in [0.3, 0.4) is 0 Å². The van der Waals surface area contributed by atoms with E-state index >= 15 is 0 Å². The van der Waals surface area contributed by atoms with Gasteiger partial charge in [-0.05, 0) is 66.2 Å². The quantitative estimate of drug-likeness (QED) is 0.412. The molecule has 38 heavy (non-hydrogen) atoms. The summed E-state index contributed by atoms with van der Waals surface area (Å²) in [5, 5.41) is 21.6. The first-order valence-electron chi connectivity index (χ1n) is 12.5. The zero-order chi connectivity index (χ0) is 26.3. The van der Waals surface area contributed by atoms with Crippen LogP contribution in [0.2, 0.25) is 0 Å². The van der Waals surface area contributed by atoms with E-state index in [0.29, 0.717) is 29.8 Å². The number of hydrogen-bond donors (Lipinski definition) is 1. The second-order valence-electron chi connectivity index (χ2n) is 9.16. The van der Waals surface area contributed by atoms with E-state index in [0.717, 1.165) is 48.8 Å². The van der Waals surface area contributed by atoms with Crippen LogP contribution in [0.25, 0.3) is 0 Å². The molecule has 1 amide bonds. The molecule has 0 unspecified atom stereocenters. The van der Waals surface area contributed by atoms with Gasteiger partial charge in [0.25, 0.3) is 5.91 Å². The molecule has 8 nitrogen and oxygen atoms in total. The van der Waals surface area contributed by atoms with Crippen LogP contribution in [-0.2, 0) is 13.1 Å². The number of amides is 1. The van der Waals surface area contributed by atoms with Crippen LogP contribution in [0.15, 0.2) is 85.3 Å². The van der Waals surface area contributed by atoms with Crippen molar-refractivity contribution in [2.24, 2.45) is 0 Å². The predicted octanol–water partition coefficient (Wildman–Crippen LogP) is 3.93. The molecule has 1 saturated heterocycles. The molecule has 0 radical (unpaired) electrons. The number of imidazole rings is 1. The summed E-state index contributed by atoms with van der Waals surface area (Å²) in [5.41, 5.74) is 5.46. The molecule has 2 heterocycles. The fraction of sp³-hybridized carbons (Fsp3) is 0.200. The molecule has 8 heteroatoms. The Morgan fingerprint density at radius 2 is 1.53 bits per heavy atom. The minimum Gasteiger partial charge on any atom is -0.369 e. The smallest absolute Gasteiger partial charge is 0.258 e. The van der Waals surface area contributed by atoms with Gasteiger partial charge in [0.1, 0.15) is 0 Å². The standard InChI is InChI=1S/C30H27N7O/c31-17-23-1-3-25(4-2-23)20-36-22-34-19-29(36)21-37(30(38)26-7-5-24(18-32)6-8-26)28-11-9-27(10-12-28)35-15-13-33-14-16-35/h1-12,19,22,33H,13-16,20-21H2. The van der Waals surface area contributed by atoms with E-state index in [1.807, 2.05) is 28.8 Å². The van der Waals surface area contributed by atoms with Crippen LogP contribution in [0.4, 0.5) is 11.4 Å². The highest BCUT2D eigenvalue weighted by atomic mass is 16.2. The Morgan fingerprint density at radius 1 is 0.895 bits per heavy atom. The summed E-state index contributed by atoms with van der Waals surface area (Å²) >= 11 is 0. The van der Waals surface area contributed by atoms with E-state index in [4.69, 9.17) is 10.5 Å². The summed E-state index contributed by atoms with van der Waals surface area (Å²) in [4.78, 5) is 22.2. The van der Waals surface area contributed by atoms with E-state index < -0.39 is 0 Å². The van der Waals surface area contributed by atoms with E-state index in [2.05, 4.69) is 39.5 Å². The summed E-state index contributed by atoms with van der Waals surface area (Å²) in [6, 6.07) is 26.5. The maximum Gasteiger partial charge on any atom is 0.258 e. The molecule has 3 aromatic carbocycles. The second-order valence-corrected chi connectivity index (χ2v) is 9.16. The van der Waals surface area contributed by atoms with Crippen molar-refractivity contribution < 1.29 is 4.79 Å². The molecule has 0 aliphatic carbocycles. The van der Waals surface area contributed by atoms with Crippen molar-refractivity contribution in [3.05, 3.63) is 113 Å². The van der Waals surface area contributed by atoms with Gasteiger partial charge >= 0.3 is 0 Å². The first-order chi connectivity index (χ1) is 18.6. The maximum atomic E-state index is 13.8. The normalized spacial score (nSPS) is 12.9. The molecule has 0 atom stereocenters. The number of piperazine rings is 1. The van der Waals surface area contributed by atoms with Crippen molar-refractivity contribution in [1.29, 1.82) is 10.5 Å². The number of benzene rings is 3. The fourth-order valence-electron chi connectivity index (χ4n) is 4.56. The van der Waals surface area contributed by atoms with Crippen LogP contribution in [0.5, 0.6) is 0 Å². The van der Waals surface area contributed by atoms with Crippen LogP contribution >= 0.6 is 0 Å². The van der Waals surface area contributed by atoms with Gasteiger partial charge in [0.05, 0.1) is 41.8 Å². The SMILES string of the molecule is N#Cc1ccc(Cn2cncc2CN(C(=O)c2ccc(C#N)cc2)c2ccc(N3CCNCC3)cc2)cc1. The Kier molecular flexibility index (Phi) is 7.44. The number of anilines is 2. The molecule has 0 bridgehead atoms. The third kappa shape index (κ3) is 5.57. The highest BCUT2D eigenvalue weighted by Crippen LogP contribution is 2.25. The van der Waals surface area contributed by atoms with Gasteiger partial charge in [0.2, 0.25) is 0 Å². The average molecular weight is 502 g/mol. The lowest BCUT2D eigenvalue weighted by molar-refractivity contribution is 0.0984. The maximum absolute atomic E-state index is 13.8. The number of nitrogens with zero attached hydrogens (tertiary/aromatic N) is 6. The summed E-state index contributed by atoms with van der Waals surface area (Å²) in [6.07, 6.45) is 3.53. The number of hydrogen-bond acceptors (Lipinski definition) is 6. The second kappa shape index (κ2) is 11.4. The van der Waals surface area contributed by atoms with Crippen molar-refractivity contribution in [2.45, 2.75) is 13.1 Å². The molecule has 5 rings (SSSR count). The van der Waals surface area contributed by atoms with E-state index in [-0.39, 0.29) is 5.91 Å². The lowest BCUT2D eigenvalue weighted by Gasteiger charge is -2.30. The molecule has 1 N–H and O–H groups in total. The van der Waals surface area contributed by atoms with Crippen LogP contribution < -0.4 is 15.1 Å². The van der Waals surface area contributed by atoms with Crippen molar-refractivity contribution in [2.75, 3.05) is 36.0 Å². The van der Waals surface area contributed by atoms with Gasteiger partial charge in [-0.25, -0.2) is 4.98 Å². The number of nitrogens with one attached hydrogen (secondary N) is 1. The monoisotopic (exact) mass is 501 g/mol. The van der Waals surface area contributed by atoms with Gasteiger partial charge in [-0.3, -0.25) is 4.79 Å². The summed E-state index contributed by atoms with van der Waals surface area (Å²) in [6.45, 7) is 4.69. The Bertz CT molecular complexity index is 1470. The third-order valence-corrected chi connectivity index (χ3v) is 6.70. The minimum atomic E-state index is -0.157. The van der Waals surface area contributed by atoms with Crippen molar-refractivity contribution in [1.82, 2.24) is 14.9 Å². The predicted molar refractivity (Wildman–Crippen MR) is 146 cm³/mol. The zero-order valence-electron chi connectivity index (χ0n) is 20.9. The van der Waals surface area contributed by atoms with Gasteiger partial charge < -0.3 is 19.7 Å². The third-order valence-electron chi connectivity index (χ3n) is 6.70. The van der Waals surface area contributed by atoms with Crippen molar-refractivity contribution in [3.8, 4) is 12.1 Å². The minimum absolute atomic E-state index is 0.157. The van der Waals surface area contributed by atoms with Crippen molar-refractivity contribution in [3.63, 3.8) is 0 Å². The molecule has 0 saturated carbocycles. The number of carbonyl (C=O) groups excluding carboxylic acids is 1. The van der Waals surface area contributed by atoms with Gasteiger partial charge in [-0.15, -0.1) is 0 Å². The molecule has 1 aromatic heterocycles. The number of nitriles is 2. The molecule has 0 spiro atoms.